The standard InChI is InChI=1S/C10H13NO.C4H10/c1-2-4-10(5-3-1)11-6-8-12-9-7-11;1-4(2)3/h1-5H,6-9H2;4H,1-3H3. The van der Waals surface area contributed by atoms with Crippen molar-refractivity contribution in [1.82, 2.24) is 0 Å². The van der Waals surface area contributed by atoms with Crippen LogP contribution in [0.4, 0.5) is 5.69 Å². The van der Waals surface area contributed by atoms with E-state index in [1.807, 2.05) is 6.07 Å². The quantitative estimate of drug-likeness (QED) is 0.722. The Morgan fingerprint density at radius 1 is 1.00 bits per heavy atom. The molecule has 1 aromatic rings. The van der Waals surface area contributed by atoms with Crippen LogP contribution in [0.2, 0.25) is 0 Å². The van der Waals surface area contributed by atoms with Gasteiger partial charge < -0.3 is 9.64 Å². The maximum absolute atomic E-state index is 5.28. The Morgan fingerprint density at radius 3 is 2.00 bits per heavy atom. The van der Waals surface area contributed by atoms with E-state index in [4.69, 9.17) is 4.74 Å². The van der Waals surface area contributed by atoms with Crippen molar-refractivity contribution >= 4 is 5.69 Å². The fourth-order valence-corrected chi connectivity index (χ4v) is 1.46. The van der Waals surface area contributed by atoms with E-state index in [0.29, 0.717) is 0 Å². The summed E-state index contributed by atoms with van der Waals surface area (Å²) >= 11 is 0. The molecule has 2 heteroatoms. The summed E-state index contributed by atoms with van der Waals surface area (Å²) in [6, 6.07) is 10.5. The molecule has 0 aromatic heterocycles. The van der Waals surface area contributed by atoms with Crippen molar-refractivity contribution in [1.29, 1.82) is 0 Å². The number of hydrogen-bond acceptors (Lipinski definition) is 2. The summed E-state index contributed by atoms with van der Waals surface area (Å²) in [4.78, 5) is 2.35. The molecule has 2 rings (SSSR count). The third-order valence-electron chi connectivity index (χ3n) is 2.13. The first-order valence-electron chi connectivity index (χ1n) is 6.08. The van der Waals surface area contributed by atoms with Gasteiger partial charge in [-0.1, -0.05) is 39.0 Å². The van der Waals surface area contributed by atoms with E-state index < -0.39 is 0 Å². The largest absolute Gasteiger partial charge is 0.378 e. The fourth-order valence-electron chi connectivity index (χ4n) is 1.46. The van der Waals surface area contributed by atoms with Crippen LogP contribution in [-0.4, -0.2) is 26.3 Å². The minimum Gasteiger partial charge on any atom is -0.378 e. The second kappa shape index (κ2) is 7.29. The van der Waals surface area contributed by atoms with Crippen LogP contribution in [0, 0.1) is 5.92 Å². The summed E-state index contributed by atoms with van der Waals surface area (Å²) < 4.78 is 5.28. The van der Waals surface area contributed by atoms with E-state index >= 15 is 0 Å². The number of para-hydroxylation sites is 1. The lowest BCUT2D eigenvalue weighted by atomic mass is 10.3. The van der Waals surface area contributed by atoms with Gasteiger partial charge in [-0.3, -0.25) is 0 Å². The van der Waals surface area contributed by atoms with Gasteiger partial charge in [0.15, 0.2) is 0 Å². The van der Waals surface area contributed by atoms with Gasteiger partial charge in [-0.2, -0.15) is 0 Å². The summed E-state index contributed by atoms with van der Waals surface area (Å²) in [7, 11) is 0. The van der Waals surface area contributed by atoms with Gasteiger partial charge in [0.25, 0.3) is 0 Å². The summed E-state index contributed by atoms with van der Waals surface area (Å²) in [6.07, 6.45) is 0. The highest BCUT2D eigenvalue weighted by molar-refractivity contribution is 5.46. The van der Waals surface area contributed by atoms with Crippen LogP contribution in [0.1, 0.15) is 20.8 Å². The van der Waals surface area contributed by atoms with E-state index in [0.717, 1.165) is 32.2 Å². The van der Waals surface area contributed by atoms with Gasteiger partial charge in [0.05, 0.1) is 13.2 Å². The molecule has 0 saturated carbocycles. The van der Waals surface area contributed by atoms with Crippen LogP contribution >= 0.6 is 0 Å². The molecule has 1 fully saturated rings. The Hall–Kier alpha value is -1.02. The number of ether oxygens (including phenoxy) is 1. The SMILES string of the molecule is CC(C)C.c1ccc(N2CCOCC2)cc1. The third kappa shape index (κ3) is 5.17. The predicted octanol–water partition coefficient (Wildman–Crippen LogP) is 3.19. The second-order valence-corrected chi connectivity index (χ2v) is 4.67. The molecule has 1 heterocycles. The normalized spacial score (nSPS) is 15.6. The molecule has 0 atom stereocenters. The molecule has 0 bridgehead atoms. The Balaban J connectivity index is 0.000000280. The van der Waals surface area contributed by atoms with E-state index in [2.05, 4.69) is 49.9 Å². The molecular weight excluding hydrogens is 198 g/mol. The summed E-state index contributed by atoms with van der Waals surface area (Å²) in [5.74, 6) is 0.833. The topological polar surface area (TPSA) is 12.5 Å². The number of hydrogen-bond donors (Lipinski definition) is 0. The van der Waals surface area contributed by atoms with Gasteiger partial charge in [0.2, 0.25) is 0 Å². The van der Waals surface area contributed by atoms with Gasteiger partial charge in [0.1, 0.15) is 0 Å². The Kier molecular flexibility index (Phi) is 5.94. The molecule has 1 saturated heterocycles. The molecule has 1 aliphatic heterocycles. The van der Waals surface area contributed by atoms with Crippen molar-refractivity contribution < 1.29 is 4.74 Å². The molecule has 0 spiro atoms. The Bertz CT molecular complexity index is 263. The van der Waals surface area contributed by atoms with E-state index in [-0.39, 0.29) is 0 Å². The molecule has 0 radical (unpaired) electrons. The van der Waals surface area contributed by atoms with Gasteiger partial charge >= 0.3 is 0 Å². The van der Waals surface area contributed by atoms with Crippen molar-refractivity contribution in [3.63, 3.8) is 0 Å². The highest BCUT2D eigenvalue weighted by Gasteiger charge is 2.09. The molecule has 2 nitrogen and oxygen atoms in total. The minimum atomic E-state index is 0.833. The van der Waals surface area contributed by atoms with Crippen molar-refractivity contribution in [2.75, 3.05) is 31.2 Å². The number of nitrogens with zero attached hydrogens (tertiary/aromatic N) is 1. The molecule has 0 amide bonds. The van der Waals surface area contributed by atoms with Crippen LogP contribution in [0.25, 0.3) is 0 Å². The number of benzene rings is 1. The van der Waals surface area contributed by atoms with Crippen molar-refractivity contribution in [2.24, 2.45) is 5.92 Å². The molecule has 0 N–H and O–H groups in total. The lowest BCUT2D eigenvalue weighted by molar-refractivity contribution is 0.122. The monoisotopic (exact) mass is 221 g/mol. The first-order valence-corrected chi connectivity index (χ1v) is 6.08. The van der Waals surface area contributed by atoms with Gasteiger partial charge in [-0.15, -0.1) is 0 Å². The van der Waals surface area contributed by atoms with Gasteiger partial charge in [0, 0.05) is 18.8 Å². The maximum atomic E-state index is 5.28. The van der Waals surface area contributed by atoms with Crippen LogP contribution in [0.5, 0.6) is 0 Å². The summed E-state index contributed by atoms with van der Waals surface area (Å²) in [5.41, 5.74) is 1.31. The molecule has 1 aromatic carbocycles. The number of anilines is 1. The number of morpholine rings is 1. The Morgan fingerprint density at radius 2 is 1.50 bits per heavy atom. The lowest BCUT2D eigenvalue weighted by Gasteiger charge is -2.28. The van der Waals surface area contributed by atoms with E-state index in [1.54, 1.807) is 0 Å². The van der Waals surface area contributed by atoms with Crippen LogP contribution in [0.3, 0.4) is 0 Å². The van der Waals surface area contributed by atoms with Crippen molar-refractivity contribution in [2.45, 2.75) is 20.8 Å². The zero-order chi connectivity index (χ0) is 11.8. The maximum Gasteiger partial charge on any atom is 0.0642 e. The predicted molar refractivity (Wildman–Crippen MR) is 70.0 cm³/mol. The second-order valence-electron chi connectivity index (χ2n) is 4.67. The van der Waals surface area contributed by atoms with Crippen LogP contribution < -0.4 is 4.90 Å². The summed E-state index contributed by atoms with van der Waals surface area (Å²) in [6.45, 7) is 10.2. The highest BCUT2D eigenvalue weighted by Crippen LogP contribution is 2.13. The van der Waals surface area contributed by atoms with Crippen molar-refractivity contribution in [3.8, 4) is 0 Å². The molecule has 90 valence electrons. The minimum absolute atomic E-state index is 0.833. The van der Waals surface area contributed by atoms with Gasteiger partial charge in [-0.25, -0.2) is 0 Å². The molecule has 16 heavy (non-hydrogen) atoms. The van der Waals surface area contributed by atoms with Crippen LogP contribution in [0.15, 0.2) is 30.3 Å². The first kappa shape index (κ1) is 13.0. The zero-order valence-corrected chi connectivity index (χ0v) is 10.6. The molecule has 1 aliphatic rings. The molecule has 0 unspecified atom stereocenters. The molecular formula is C14H23NO. The third-order valence-corrected chi connectivity index (χ3v) is 2.13. The highest BCUT2D eigenvalue weighted by atomic mass is 16.5. The first-order chi connectivity index (χ1) is 7.70. The number of rotatable bonds is 1. The molecule has 0 aliphatic carbocycles. The summed E-state index contributed by atoms with van der Waals surface area (Å²) in [5, 5.41) is 0. The lowest BCUT2D eigenvalue weighted by Crippen LogP contribution is -2.36. The van der Waals surface area contributed by atoms with E-state index in [9.17, 15) is 0 Å². The van der Waals surface area contributed by atoms with Gasteiger partial charge in [-0.05, 0) is 18.1 Å². The van der Waals surface area contributed by atoms with Crippen molar-refractivity contribution in [3.05, 3.63) is 30.3 Å². The fraction of sp³-hybridized carbons (Fsp3) is 0.571. The average Bonchev–Trinajstić information content (AvgIpc) is 2.31. The van der Waals surface area contributed by atoms with E-state index in [1.165, 1.54) is 5.69 Å². The zero-order valence-electron chi connectivity index (χ0n) is 10.6. The smallest absolute Gasteiger partial charge is 0.0642 e. The van der Waals surface area contributed by atoms with Crippen LogP contribution in [-0.2, 0) is 4.74 Å². The average molecular weight is 221 g/mol. The Labute approximate surface area is 99.2 Å².